The van der Waals surface area contributed by atoms with E-state index in [0.717, 1.165) is 5.56 Å². The van der Waals surface area contributed by atoms with Crippen molar-refractivity contribution in [1.29, 1.82) is 0 Å². The lowest BCUT2D eigenvalue weighted by molar-refractivity contribution is 0.604. The molecular formula is C16H15ClO2S2. The van der Waals surface area contributed by atoms with Gasteiger partial charge in [0.15, 0.2) is 0 Å². The second-order valence-electron chi connectivity index (χ2n) is 4.51. The van der Waals surface area contributed by atoms with Gasteiger partial charge in [-0.15, -0.1) is 11.8 Å². The second-order valence-corrected chi connectivity index (χ2v) is 7.94. The van der Waals surface area contributed by atoms with Gasteiger partial charge in [0.25, 0.3) is 0 Å². The standard InChI is InChI=1S/C16H15ClO2S2/c1-12-7-9-14(10-8-12)21(18,19)16(20-2)11-13-5-3-4-6-15(13)17/h3-11H,1-2H3/b16-11+. The molecule has 0 unspecified atom stereocenters. The van der Waals surface area contributed by atoms with Crippen molar-refractivity contribution in [2.24, 2.45) is 0 Å². The molecule has 0 fully saturated rings. The van der Waals surface area contributed by atoms with Crippen molar-refractivity contribution in [3.8, 4) is 0 Å². The molecule has 0 saturated heterocycles. The van der Waals surface area contributed by atoms with E-state index in [0.29, 0.717) is 15.5 Å². The Balaban J connectivity index is 2.50. The highest BCUT2D eigenvalue weighted by Crippen LogP contribution is 2.30. The number of halogens is 1. The van der Waals surface area contributed by atoms with Crippen LogP contribution in [0.4, 0.5) is 0 Å². The summed E-state index contributed by atoms with van der Waals surface area (Å²) in [5, 5.41) is 0.531. The molecule has 0 aromatic heterocycles. The summed E-state index contributed by atoms with van der Waals surface area (Å²) in [6.45, 7) is 1.92. The molecule has 110 valence electrons. The molecular weight excluding hydrogens is 324 g/mol. The highest BCUT2D eigenvalue weighted by Gasteiger charge is 2.20. The van der Waals surface area contributed by atoms with Crippen molar-refractivity contribution in [2.45, 2.75) is 11.8 Å². The number of hydrogen-bond acceptors (Lipinski definition) is 3. The smallest absolute Gasteiger partial charge is 0.212 e. The number of aryl methyl sites for hydroxylation is 1. The van der Waals surface area contributed by atoms with E-state index in [1.54, 1.807) is 48.7 Å². The summed E-state index contributed by atoms with van der Waals surface area (Å²) < 4.78 is 25.6. The first-order chi connectivity index (χ1) is 9.95. The van der Waals surface area contributed by atoms with E-state index >= 15 is 0 Å². The Morgan fingerprint density at radius 2 is 1.71 bits per heavy atom. The fourth-order valence-electron chi connectivity index (χ4n) is 1.80. The summed E-state index contributed by atoms with van der Waals surface area (Å²) in [5.41, 5.74) is 1.72. The number of hydrogen-bond donors (Lipinski definition) is 0. The molecule has 0 atom stereocenters. The third-order valence-electron chi connectivity index (χ3n) is 2.98. The highest BCUT2D eigenvalue weighted by atomic mass is 35.5. The van der Waals surface area contributed by atoms with Gasteiger partial charge in [0.1, 0.15) is 4.24 Å². The van der Waals surface area contributed by atoms with Gasteiger partial charge in [0.2, 0.25) is 9.84 Å². The van der Waals surface area contributed by atoms with Crippen LogP contribution in [-0.4, -0.2) is 14.7 Å². The fraction of sp³-hybridized carbons (Fsp3) is 0.125. The second kappa shape index (κ2) is 6.69. The minimum Gasteiger partial charge on any atom is -0.218 e. The zero-order valence-corrected chi connectivity index (χ0v) is 14.1. The Morgan fingerprint density at radius 3 is 2.29 bits per heavy atom. The van der Waals surface area contributed by atoms with E-state index in [1.165, 1.54) is 11.8 Å². The van der Waals surface area contributed by atoms with Crippen LogP contribution in [-0.2, 0) is 9.84 Å². The van der Waals surface area contributed by atoms with Crippen LogP contribution in [0, 0.1) is 6.92 Å². The summed E-state index contributed by atoms with van der Waals surface area (Å²) in [6, 6.07) is 14.0. The minimum atomic E-state index is -3.52. The highest BCUT2D eigenvalue weighted by molar-refractivity contribution is 8.18. The molecule has 0 spiro atoms. The molecule has 0 N–H and O–H groups in total. The average molecular weight is 339 g/mol. The molecule has 2 aromatic rings. The van der Waals surface area contributed by atoms with Crippen molar-refractivity contribution in [1.82, 2.24) is 0 Å². The van der Waals surface area contributed by atoms with Gasteiger partial charge in [-0.2, -0.15) is 0 Å². The van der Waals surface area contributed by atoms with Gasteiger partial charge in [-0.1, -0.05) is 47.5 Å². The lowest BCUT2D eigenvalue weighted by Gasteiger charge is -2.08. The normalized spacial score (nSPS) is 12.4. The third-order valence-corrected chi connectivity index (χ3v) is 6.54. The molecule has 0 heterocycles. The molecule has 0 aliphatic heterocycles. The molecule has 0 aliphatic rings. The summed E-state index contributed by atoms with van der Waals surface area (Å²) in [4.78, 5) is 0.292. The van der Waals surface area contributed by atoms with Gasteiger partial charge in [-0.25, -0.2) is 8.42 Å². The summed E-state index contributed by atoms with van der Waals surface area (Å²) in [5.74, 6) is 0. The molecule has 21 heavy (non-hydrogen) atoms. The van der Waals surface area contributed by atoms with Crippen molar-refractivity contribution in [2.75, 3.05) is 6.26 Å². The van der Waals surface area contributed by atoms with Crippen molar-refractivity contribution in [3.05, 3.63) is 68.9 Å². The van der Waals surface area contributed by atoms with Gasteiger partial charge in [0.05, 0.1) is 4.90 Å². The Labute approximate surface area is 134 Å². The summed E-state index contributed by atoms with van der Waals surface area (Å²) >= 11 is 7.29. The predicted molar refractivity (Wildman–Crippen MR) is 91.3 cm³/mol. The minimum absolute atomic E-state index is 0.277. The predicted octanol–water partition coefficient (Wildman–Crippen LogP) is 4.78. The van der Waals surface area contributed by atoms with E-state index in [4.69, 9.17) is 11.6 Å². The van der Waals surface area contributed by atoms with Crippen LogP contribution in [0.2, 0.25) is 5.02 Å². The van der Waals surface area contributed by atoms with Gasteiger partial charge >= 0.3 is 0 Å². The Hall–Kier alpha value is -1.23. The third kappa shape index (κ3) is 3.70. The Kier molecular flexibility index (Phi) is 5.14. The van der Waals surface area contributed by atoms with Crippen LogP contribution in [0.25, 0.3) is 6.08 Å². The first-order valence-electron chi connectivity index (χ1n) is 6.27. The van der Waals surface area contributed by atoms with Crippen molar-refractivity contribution in [3.63, 3.8) is 0 Å². The fourth-order valence-corrected chi connectivity index (χ4v) is 4.41. The first-order valence-corrected chi connectivity index (χ1v) is 9.35. The quantitative estimate of drug-likeness (QED) is 0.804. The number of benzene rings is 2. The van der Waals surface area contributed by atoms with Crippen LogP contribution >= 0.6 is 23.4 Å². The summed E-state index contributed by atoms with van der Waals surface area (Å²) in [6.07, 6.45) is 3.36. The molecule has 2 aromatic carbocycles. The Bertz CT molecular complexity index is 763. The maximum absolute atomic E-state index is 12.7. The van der Waals surface area contributed by atoms with Crippen LogP contribution in [0.3, 0.4) is 0 Å². The van der Waals surface area contributed by atoms with Crippen LogP contribution in [0.15, 0.2) is 57.7 Å². The topological polar surface area (TPSA) is 34.1 Å². The number of rotatable bonds is 4. The maximum atomic E-state index is 12.7. The maximum Gasteiger partial charge on any atom is 0.212 e. The van der Waals surface area contributed by atoms with E-state index in [9.17, 15) is 8.42 Å². The van der Waals surface area contributed by atoms with Crippen molar-refractivity contribution >= 4 is 39.3 Å². The van der Waals surface area contributed by atoms with Gasteiger partial charge in [-0.05, 0) is 43.0 Å². The molecule has 2 rings (SSSR count). The van der Waals surface area contributed by atoms with Crippen LogP contribution < -0.4 is 0 Å². The van der Waals surface area contributed by atoms with Crippen LogP contribution in [0.5, 0.6) is 0 Å². The zero-order valence-electron chi connectivity index (χ0n) is 11.7. The zero-order chi connectivity index (χ0) is 15.5. The first kappa shape index (κ1) is 16.1. The van der Waals surface area contributed by atoms with E-state index in [2.05, 4.69) is 0 Å². The van der Waals surface area contributed by atoms with Gasteiger partial charge in [-0.3, -0.25) is 0 Å². The number of sulfone groups is 1. The monoisotopic (exact) mass is 338 g/mol. The van der Waals surface area contributed by atoms with E-state index in [1.807, 2.05) is 19.1 Å². The lowest BCUT2D eigenvalue weighted by atomic mass is 10.2. The molecule has 0 saturated carbocycles. The Morgan fingerprint density at radius 1 is 1.10 bits per heavy atom. The summed E-state index contributed by atoms with van der Waals surface area (Å²) in [7, 11) is -3.52. The largest absolute Gasteiger partial charge is 0.218 e. The molecule has 2 nitrogen and oxygen atoms in total. The molecule has 0 bridgehead atoms. The van der Waals surface area contributed by atoms with Gasteiger partial charge in [0, 0.05) is 5.02 Å². The molecule has 0 amide bonds. The van der Waals surface area contributed by atoms with Crippen molar-refractivity contribution < 1.29 is 8.42 Å². The number of thioether (sulfide) groups is 1. The molecule has 0 radical (unpaired) electrons. The van der Waals surface area contributed by atoms with Gasteiger partial charge < -0.3 is 0 Å². The van der Waals surface area contributed by atoms with E-state index < -0.39 is 9.84 Å². The average Bonchev–Trinajstić information content (AvgIpc) is 2.46. The lowest BCUT2D eigenvalue weighted by Crippen LogP contribution is -2.02. The SMILES string of the molecule is CS/C(=C\c1ccccc1Cl)S(=O)(=O)c1ccc(C)cc1. The molecule has 5 heteroatoms. The molecule has 0 aliphatic carbocycles. The van der Waals surface area contributed by atoms with E-state index in [-0.39, 0.29) is 4.24 Å². The van der Waals surface area contributed by atoms with Crippen LogP contribution in [0.1, 0.15) is 11.1 Å².